The van der Waals surface area contributed by atoms with E-state index in [1.54, 1.807) is 42.8 Å². The number of nitriles is 1. The molecule has 2 heterocycles. The van der Waals surface area contributed by atoms with E-state index in [1.807, 2.05) is 24.3 Å². The van der Waals surface area contributed by atoms with Crippen molar-refractivity contribution in [1.29, 1.82) is 5.26 Å². The van der Waals surface area contributed by atoms with Gasteiger partial charge in [-0.3, -0.25) is 9.78 Å². The van der Waals surface area contributed by atoms with Gasteiger partial charge in [-0.25, -0.2) is 0 Å². The molecule has 0 aliphatic heterocycles. The summed E-state index contributed by atoms with van der Waals surface area (Å²) in [5.41, 5.74) is 2.69. The predicted octanol–water partition coefficient (Wildman–Crippen LogP) is 3.14. The van der Waals surface area contributed by atoms with Gasteiger partial charge in [-0.1, -0.05) is 0 Å². The minimum absolute atomic E-state index is 0.189. The molecule has 3 aromatic rings. The average Bonchev–Trinajstić information content (AvgIpc) is 3.15. The summed E-state index contributed by atoms with van der Waals surface area (Å²) in [6.45, 7) is 0.384. The Labute approximate surface area is 133 Å². The number of hydrogen-bond donors (Lipinski definition) is 1. The van der Waals surface area contributed by atoms with Crippen molar-refractivity contribution in [1.82, 2.24) is 10.3 Å². The number of pyridine rings is 1. The van der Waals surface area contributed by atoms with E-state index in [4.69, 9.17) is 9.68 Å². The molecular formula is C18H13N3O2. The van der Waals surface area contributed by atoms with Gasteiger partial charge in [0.15, 0.2) is 5.76 Å². The lowest BCUT2D eigenvalue weighted by atomic mass is 10.1. The maximum Gasteiger partial charge on any atom is 0.251 e. The van der Waals surface area contributed by atoms with E-state index in [-0.39, 0.29) is 5.91 Å². The Bertz CT molecular complexity index is 847. The van der Waals surface area contributed by atoms with Crippen molar-refractivity contribution in [2.75, 3.05) is 0 Å². The van der Waals surface area contributed by atoms with Gasteiger partial charge in [0.1, 0.15) is 5.69 Å². The second kappa shape index (κ2) is 6.58. The fourth-order valence-corrected chi connectivity index (χ4v) is 2.12. The Kier molecular flexibility index (Phi) is 4.16. The van der Waals surface area contributed by atoms with E-state index >= 15 is 0 Å². The molecule has 0 fully saturated rings. The van der Waals surface area contributed by atoms with E-state index in [2.05, 4.69) is 10.3 Å². The van der Waals surface area contributed by atoms with Crippen LogP contribution < -0.4 is 5.32 Å². The van der Waals surface area contributed by atoms with Crippen molar-refractivity contribution < 1.29 is 9.21 Å². The molecular weight excluding hydrogens is 290 g/mol. The number of benzene rings is 1. The predicted molar refractivity (Wildman–Crippen MR) is 84.3 cm³/mol. The van der Waals surface area contributed by atoms with Gasteiger partial charge in [0.2, 0.25) is 0 Å². The fraction of sp³-hybridized carbons (Fsp3) is 0.0556. The number of furan rings is 1. The summed E-state index contributed by atoms with van der Waals surface area (Å²) in [7, 11) is 0. The summed E-state index contributed by atoms with van der Waals surface area (Å²) >= 11 is 0. The summed E-state index contributed by atoms with van der Waals surface area (Å²) in [6, 6.07) is 15.9. The fourth-order valence-electron chi connectivity index (χ4n) is 2.12. The van der Waals surface area contributed by atoms with Gasteiger partial charge in [0, 0.05) is 18.3 Å². The van der Waals surface area contributed by atoms with Crippen molar-refractivity contribution in [2.24, 2.45) is 0 Å². The number of rotatable bonds is 4. The van der Waals surface area contributed by atoms with Crippen LogP contribution in [0.4, 0.5) is 0 Å². The van der Waals surface area contributed by atoms with Crippen molar-refractivity contribution in [3.8, 4) is 17.5 Å². The van der Waals surface area contributed by atoms with Gasteiger partial charge in [-0.2, -0.15) is 5.26 Å². The van der Waals surface area contributed by atoms with Crippen LogP contribution in [0, 0.1) is 11.3 Å². The minimum atomic E-state index is -0.189. The largest absolute Gasteiger partial charge is 0.463 e. The van der Waals surface area contributed by atoms with Crippen LogP contribution in [0.2, 0.25) is 0 Å². The normalized spacial score (nSPS) is 10.0. The zero-order chi connectivity index (χ0) is 16.1. The maximum absolute atomic E-state index is 12.1. The number of amides is 1. The first-order chi connectivity index (χ1) is 11.3. The number of nitrogens with one attached hydrogen (secondary N) is 1. The lowest BCUT2D eigenvalue weighted by molar-refractivity contribution is 0.0951. The standard InChI is InChI=1S/C18H13N3O2/c19-11-13-3-5-15(6-4-13)18(22)21-12-14-7-8-20-16(10-14)17-2-1-9-23-17/h1-10H,12H2,(H,21,22). The molecule has 0 unspecified atom stereocenters. The van der Waals surface area contributed by atoms with Crippen LogP contribution in [0.25, 0.3) is 11.5 Å². The molecule has 1 N–H and O–H groups in total. The van der Waals surface area contributed by atoms with Gasteiger partial charge in [-0.15, -0.1) is 0 Å². The molecule has 5 nitrogen and oxygen atoms in total. The van der Waals surface area contributed by atoms with Crippen LogP contribution in [0.15, 0.2) is 65.4 Å². The molecule has 1 amide bonds. The first-order valence-corrected chi connectivity index (χ1v) is 7.03. The average molecular weight is 303 g/mol. The first kappa shape index (κ1) is 14.5. The molecule has 0 radical (unpaired) electrons. The molecule has 1 aromatic carbocycles. The lowest BCUT2D eigenvalue weighted by Crippen LogP contribution is -2.22. The molecule has 3 rings (SSSR count). The second-order valence-electron chi connectivity index (χ2n) is 4.90. The highest BCUT2D eigenvalue weighted by Gasteiger charge is 2.07. The number of aromatic nitrogens is 1. The summed E-state index contributed by atoms with van der Waals surface area (Å²) < 4.78 is 5.32. The number of carbonyl (C=O) groups excluding carboxylic acids is 1. The lowest BCUT2D eigenvalue weighted by Gasteiger charge is -2.06. The van der Waals surface area contributed by atoms with E-state index in [0.29, 0.717) is 23.4 Å². The summed E-state index contributed by atoms with van der Waals surface area (Å²) in [5.74, 6) is 0.496. The highest BCUT2D eigenvalue weighted by molar-refractivity contribution is 5.94. The molecule has 0 saturated carbocycles. The second-order valence-corrected chi connectivity index (χ2v) is 4.90. The number of nitrogens with zero attached hydrogens (tertiary/aromatic N) is 2. The third kappa shape index (κ3) is 3.44. The third-order valence-corrected chi connectivity index (χ3v) is 3.33. The van der Waals surface area contributed by atoms with Crippen LogP contribution in [0.5, 0.6) is 0 Å². The van der Waals surface area contributed by atoms with Crippen molar-refractivity contribution in [3.63, 3.8) is 0 Å². The van der Waals surface area contributed by atoms with Gasteiger partial charge in [0.05, 0.1) is 17.9 Å². The first-order valence-electron chi connectivity index (χ1n) is 7.03. The molecule has 0 bridgehead atoms. The van der Waals surface area contributed by atoms with Crippen LogP contribution in [0.3, 0.4) is 0 Å². The van der Waals surface area contributed by atoms with Crippen LogP contribution in [0.1, 0.15) is 21.5 Å². The smallest absolute Gasteiger partial charge is 0.251 e. The van der Waals surface area contributed by atoms with Crippen LogP contribution >= 0.6 is 0 Å². The Hall–Kier alpha value is -3.39. The van der Waals surface area contributed by atoms with Crippen LogP contribution in [-0.4, -0.2) is 10.9 Å². The summed E-state index contributed by atoms with van der Waals surface area (Å²) in [6.07, 6.45) is 3.28. The minimum Gasteiger partial charge on any atom is -0.463 e. The van der Waals surface area contributed by atoms with Crippen LogP contribution in [-0.2, 0) is 6.54 Å². The number of carbonyl (C=O) groups is 1. The molecule has 0 saturated heterocycles. The molecule has 0 atom stereocenters. The SMILES string of the molecule is N#Cc1ccc(C(=O)NCc2ccnc(-c3ccco3)c2)cc1. The van der Waals surface area contributed by atoms with Crippen molar-refractivity contribution in [2.45, 2.75) is 6.54 Å². The van der Waals surface area contributed by atoms with E-state index in [0.717, 1.165) is 11.3 Å². The topological polar surface area (TPSA) is 78.9 Å². The Morgan fingerprint density at radius 1 is 1.22 bits per heavy atom. The number of hydrogen-bond acceptors (Lipinski definition) is 4. The summed E-state index contributed by atoms with van der Waals surface area (Å²) in [5, 5.41) is 11.6. The van der Waals surface area contributed by atoms with E-state index in [9.17, 15) is 4.79 Å². The van der Waals surface area contributed by atoms with Crippen molar-refractivity contribution in [3.05, 3.63) is 77.7 Å². The maximum atomic E-state index is 12.1. The molecule has 112 valence electrons. The Balaban J connectivity index is 1.67. The van der Waals surface area contributed by atoms with Gasteiger partial charge < -0.3 is 9.73 Å². The molecule has 0 aliphatic carbocycles. The molecule has 23 heavy (non-hydrogen) atoms. The molecule has 0 spiro atoms. The highest BCUT2D eigenvalue weighted by atomic mass is 16.3. The van der Waals surface area contributed by atoms with Gasteiger partial charge in [0.25, 0.3) is 5.91 Å². The highest BCUT2D eigenvalue weighted by Crippen LogP contribution is 2.18. The van der Waals surface area contributed by atoms with Gasteiger partial charge >= 0.3 is 0 Å². The quantitative estimate of drug-likeness (QED) is 0.803. The Morgan fingerprint density at radius 3 is 2.74 bits per heavy atom. The Morgan fingerprint density at radius 2 is 2.04 bits per heavy atom. The van der Waals surface area contributed by atoms with E-state index < -0.39 is 0 Å². The van der Waals surface area contributed by atoms with E-state index in [1.165, 1.54) is 0 Å². The molecule has 2 aromatic heterocycles. The zero-order valence-corrected chi connectivity index (χ0v) is 12.2. The third-order valence-electron chi connectivity index (χ3n) is 3.33. The summed E-state index contributed by atoms with van der Waals surface area (Å²) in [4.78, 5) is 16.4. The zero-order valence-electron chi connectivity index (χ0n) is 12.2. The van der Waals surface area contributed by atoms with Gasteiger partial charge in [-0.05, 0) is 54.1 Å². The monoisotopic (exact) mass is 303 g/mol. The molecule has 5 heteroatoms. The molecule has 0 aliphatic rings. The van der Waals surface area contributed by atoms with Crippen molar-refractivity contribution >= 4 is 5.91 Å².